The number of aliphatic hydroxyl groups excluding tert-OH is 1. The maximum atomic E-state index is 9.29. The minimum atomic E-state index is 0.199. The van der Waals surface area contributed by atoms with Gasteiger partial charge in [-0.05, 0) is 12.8 Å². The first-order valence-electron chi connectivity index (χ1n) is 5.28. The van der Waals surface area contributed by atoms with E-state index in [2.05, 4.69) is 28.6 Å². The number of fused-ring (bicyclic) bond motifs is 1. The summed E-state index contributed by atoms with van der Waals surface area (Å²) in [4.78, 5) is 0. The Bertz CT molecular complexity index is 319. The van der Waals surface area contributed by atoms with Crippen LogP contribution in [0.3, 0.4) is 0 Å². The van der Waals surface area contributed by atoms with Gasteiger partial charge < -0.3 is 9.67 Å². The molecular weight excluding hydrogens is 178 g/mol. The van der Waals surface area contributed by atoms with Crippen LogP contribution < -0.4 is 0 Å². The molecule has 4 heteroatoms. The molecule has 1 aromatic rings. The monoisotopic (exact) mass is 195 g/mol. The molecule has 0 spiro atoms. The van der Waals surface area contributed by atoms with E-state index in [1.54, 1.807) is 0 Å². The van der Waals surface area contributed by atoms with Crippen molar-refractivity contribution < 1.29 is 5.11 Å². The lowest BCUT2D eigenvalue weighted by atomic mass is 10.0. The van der Waals surface area contributed by atoms with Gasteiger partial charge in [0.05, 0.1) is 12.6 Å². The number of aromatic nitrogens is 3. The smallest absolute Gasteiger partial charge is 0.135 e. The normalized spacial score (nSPS) is 21.3. The van der Waals surface area contributed by atoms with Gasteiger partial charge in [0.1, 0.15) is 11.6 Å². The first kappa shape index (κ1) is 9.65. The molecule has 0 amide bonds. The standard InChI is InChI=1S/C10H17N3O/c1-7(2)10-12-11-9-5-3-4-8(6-14)13(9)10/h7-8,14H,3-6H2,1-2H3. The molecule has 0 fully saturated rings. The molecule has 0 aliphatic carbocycles. The van der Waals surface area contributed by atoms with Crippen molar-refractivity contribution in [2.75, 3.05) is 6.61 Å². The summed E-state index contributed by atoms with van der Waals surface area (Å²) >= 11 is 0. The molecule has 0 saturated heterocycles. The van der Waals surface area contributed by atoms with Gasteiger partial charge in [-0.15, -0.1) is 10.2 Å². The summed E-state index contributed by atoms with van der Waals surface area (Å²) in [5.41, 5.74) is 0. The first-order chi connectivity index (χ1) is 6.74. The lowest BCUT2D eigenvalue weighted by Crippen LogP contribution is -2.23. The minimum absolute atomic E-state index is 0.199. The van der Waals surface area contributed by atoms with Crippen LogP contribution in [-0.4, -0.2) is 26.5 Å². The average molecular weight is 195 g/mol. The second kappa shape index (κ2) is 3.69. The number of hydrogen-bond donors (Lipinski definition) is 1. The maximum absolute atomic E-state index is 9.29. The Morgan fingerprint density at radius 1 is 1.50 bits per heavy atom. The Morgan fingerprint density at radius 2 is 2.29 bits per heavy atom. The van der Waals surface area contributed by atoms with Gasteiger partial charge in [0.15, 0.2) is 0 Å². The van der Waals surface area contributed by atoms with Crippen LogP contribution in [0.4, 0.5) is 0 Å². The fraction of sp³-hybridized carbons (Fsp3) is 0.800. The molecule has 4 nitrogen and oxygen atoms in total. The number of nitrogens with zero attached hydrogens (tertiary/aromatic N) is 3. The highest BCUT2D eigenvalue weighted by atomic mass is 16.3. The lowest BCUT2D eigenvalue weighted by Gasteiger charge is -2.25. The summed E-state index contributed by atoms with van der Waals surface area (Å²) in [6, 6.07) is 0.200. The Kier molecular flexibility index (Phi) is 2.54. The zero-order chi connectivity index (χ0) is 10.1. The maximum Gasteiger partial charge on any atom is 0.135 e. The first-order valence-corrected chi connectivity index (χ1v) is 5.28. The summed E-state index contributed by atoms with van der Waals surface area (Å²) in [5, 5.41) is 17.7. The van der Waals surface area contributed by atoms with Crippen molar-refractivity contribution in [1.29, 1.82) is 0 Å². The fourth-order valence-electron chi connectivity index (χ4n) is 2.10. The molecule has 0 aromatic carbocycles. The minimum Gasteiger partial charge on any atom is -0.394 e. The fourth-order valence-corrected chi connectivity index (χ4v) is 2.10. The van der Waals surface area contributed by atoms with Crippen LogP contribution >= 0.6 is 0 Å². The second-order valence-corrected chi connectivity index (χ2v) is 4.23. The SMILES string of the molecule is CC(C)c1nnc2n1C(CO)CCC2. The van der Waals surface area contributed by atoms with Crippen molar-refractivity contribution in [3.05, 3.63) is 11.6 Å². The van der Waals surface area contributed by atoms with E-state index in [1.807, 2.05) is 0 Å². The number of aryl methyl sites for hydroxylation is 1. The van der Waals surface area contributed by atoms with Gasteiger partial charge in [0, 0.05) is 12.3 Å². The van der Waals surface area contributed by atoms with Crippen LogP contribution in [0.15, 0.2) is 0 Å². The Balaban J connectivity index is 2.41. The highest BCUT2D eigenvalue weighted by Gasteiger charge is 2.24. The lowest BCUT2D eigenvalue weighted by molar-refractivity contribution is 0.202. The number of hydrogen-bond acceptors (Lipinski definition) is 3. The molecule has 2 heterocycles. The molecule has 1 unspecified atom stereocenters. The molecule has 78 valence electrons. The van der Waals surface area contributed by atoms with Crippen LogP contribution in [0.25, 0.3) is 0 Å². The van der Waals surface area contributed by atoms with E-state index >= 15 is 0 Å². The zero-order valence-electron chi connectivity index (χ0n) is 8.77. The van der Waals surface area contributed by atoms with E-state index in [1.165, 1.54) is 0 Å². The van der Waals surface area contributed by atoms with E-state index < -0.39 is 0 Å². The van der Waals surface area contributed by atoms with Crippen molar-refractivity contribution in [1.82, 2.24) is 14.8 Å². The summed E-state index contributed by atoms with van der Waals surface area (Å²) in [5.74, 6) is 2.43. The molecule has 0 radical (unpaired) electrons. The highest BCUT2D eigenvalue weighted by Crippen LogP contribution is 2.27. The third-order valence-electron chi connectivity index (χ3n) is 2.82. The summed E-state index contributed by atoms with van der Waals surface area (Å²) in [6.07, 6.45) is 3.15. The summed E-state index contributed by atoms with van der Waals surface area (Å²) < 4.78 is 2.13. The summed E-state index contributed by atoms with van der Waals surface area (Å²) in [7, 11) is 0. The Hall–Kier alpha value is -0.900. The van der Waals surface area contributed by atoms with Gasteiger partial charge >= 0.3 is 0 Å². The largest absolute Gasteiger partial charge is 0.394 e. The predicted molar refractivity (Wildman–Crippen MR) is 53.2 cm³/mol. The molecule has 14 heavy (non-hydrogen) atoms. The molecular formula is C10H17N3O. The van der Waals surface area contributed by atoms with Crippen LogP contribution in [0.5, 0.6) is 0 Å². The van der Waals surface area contributed by atoms with E-state index in [4.69, 9.17) is 0 Å². The van der Waals surface area contributed by atoms with Gasteiger partial charge in [-0.2, -0.15) is 0 Å². The molecule has 1 aliphatic rings. The van der Waals surface area contributed by atoms with Gasteiger partial charge in [-0.25, -0.2) is 0 Å². The quantitative estimate of drug-likeness (QED) is 0.773. The van der Waals surface area contributed by atoms with Crippen LogP contribution in [0.2, 0.25) is 0 Å². The van der Waals surface area contributed by atoms with Crippen molar-refractivity contribution >= 4 is 0 Å². The summed E-state index contributed by atoms with van der Waals surface area (Å²) in [6.45, 7) is 4.42. The van der Waals surface area contributed by atoms with Gasteiger partial charge in [-0.1, -0.05) is 13.8 Å². The molecule has 0 saturated carbocycles. The van der Waals surface area contributed by atoms with E-state index in [9.17, 15) is 5.11 Å². The van der Waals surface area contributed by atoms with Crippen molar-refractivity contribution in [3.63, 3.8) is 0 Å². The van der Waals surface area contributed by atoms with Crippen molar-refractivity contribution in [3.8, 4) is 0 Å². The van der Waals surface area contributed by atoms with Crippen LogP contribution in [-0.2, 0) is 6.42 Å². The zero-order valence-corrected chi connectivity index (χ0v) is 8.77. The predicted octanol–water partition coefficient (Wildman–Crippen LogP) is 1.27. The number of rotatable bonds is 2. The van der Waals surface area contributed by atoms with Gasteiger partial charge in [0.2, 0.25) is 0 Å². The topological polar surface area (TPSA) is 50.9 Å². The van der Waals surface area contributed by atoms with Gasteiger partial charge in [0.25, 0.3) is 0 Å². The Labute approximate surface area is 84.0 Å². The molecule has 1 atom stereocenters. The van der Waals surface area contributed by atoms with E-state index in [-0.39, 0.29) is 12.6 Å². The third-order valence-corrected chi connectivity index (χ3v) is 2.82. The van der Waals surface area contributed by atoms with Gasteiger partial charge in [-0.3, -0.25) is 0 Å². The van der Waals surface area contributed by atoms with Crippen LogP contribution in [0, 0.1) is 0 Å². The number of aliphatic hydroxyl groups is 1. The van der Waals surface area contributed by atoms with Crippen LogP contribution in [0.1, 0.15) is 50.3 Å². The molecule has 1 aliphatic heterocycles. The highest BCUT2D eigenvalue weighted by molar-refractivity contribution is 5.05. The molecule has 1 N–H and O–H groups in total. The van der Waals surface area contributed by atoms with Crippen molar-refractivity contribution in [2.24, 2.45) is 0 Å². The van der Waals surface area contributed by atoms with Crippen molar-refractivity contribution in [2.45, 2.75) is 45.1 Å². The molecule has 2 rings (SSSR count). The van der Waals surface area contributed by atoms with E-state index in [0.29, 0.717) is 5.92 Å². The average Bonchev–Trinajstić information content (AvgIpc) is 2.60. The Morgan fingerprint density at radius 3 is 2.93 bits per heavy atom. The second-order valence-electron chi connectivity index (χ2n) is 4.23. The third kappa shape index (κ3) is 1.43. The molecule has 0 bridgehead atoms. The van der Waals surface area contributed by atoms with E-state index in [0.717, 1.165) is 30.9 Å². The molecule has 1 aromatic heterocycles.